The predicted octanol–water partition coefficient (Wildman–Crippen LogP) is 1.38. The Morgan fingerprint density at radius 2 is 2.17 bits per heavy atom. The summed E-state index contributed by atoms with van der Waals surface area (Å²) in [5.41, 5.74) is 0. The summed E-state index contributed by atoms with van der Waals surface area (Å²) >= 11 is 4.75. The van der Waals surface area contributed by atoms with Crippen LogP contribution in [0, 0.1) is 0 Å². The number of thiocarbonyl (C=S) groups is 1. The first kappa shape index (κ1) is 9.06. The molecule has 0 amide bonds. The molecule has 12 heavy (non-hydrogen) atoms. The fourth-order valence-electron chi connectivity index (χ4n) is 0.745. The van der Waals surface area contributed by atoms with Gasteiger partial charge in [-0.05, 0) is 18.3 Å². The van der Waals surface area contributed by atoms with Gasteiger partial charge in [0.15, 0.2) is 5.05 Å². The van der Waals surface area contributed by atoms with Crippen LogP contribution < -0.4 is 0 Å². The first-order valence-corrected chi connectivity index (χ1v) is 4.09. The molecule has 0 spiro atoms. The molecule has 0 radical (unpaired) electrons. The lowest BCUT2D eigenvalue weighted by Crippen LogP contribution is -2.04. The van der Waals surface area contributed by atoms with E-state index in [4.69, 9.17) is 17.0 Å². The molecule has 0 saturated carbocycles. The largest absolute Gasteiger partial charge is 0.487 e. The maximum absolute atomic E-state index is 5.10. The predicted molar refractivity (Wildman–Crippen MR) is 50.0 cm³/mol. The first-order chi connectivity index (χ1) is 5.79. The van der Waals surface area contributed by atoms with Crippen LogP contribution in [0.15, 0.2) is 18.5 Å². The second kappa shape index (κ2) is 4.77. The highest BCUT2D eigenvalue weighted by Gasteiger charge is 1.94. The number of ether oxygens (including phenoxy) is 1. The van der Waals surface area contributed by atoms with E-state index >= 15 is 0 Å². The van der Waals surface area contributed by atoms with Gasteiger partial charge in [-0.1, -0.05) is 0 Å². The van der Waals surface area contributed by atoms with Crippen molar-refractivity contribution in [2.24, 2.45) is 0 Å². The second-order valence-corrected chi connectivity index (χ2v) is 2.83. The Kier molecular flexibility index (Phi) is 3.60. The van der Waals surface area contributed by atoms with Gasteiger partial charge in [0.1, 0.15) is 5.82 Å². The number of hydrogen-bond acceptors (Lipinski definition) is 4. The molecule has 0 aromatic carbocycles. The molecule has 0 saturated heterocycles. The number of nitrogens with zero attached hydrogens (tertiary/aromatic N) is 2. The van der Waals surface area contributed by atoms with E-state index in [0.717, 1.165) is 5.82 Å². The molecule has 0 unspecified atom stereocenters. The summed E-state index contributed by atoms with van der Waals surface area (Å²) in [6.07, 6.45) is 4.13. The van der Waals surface area contributed by atoms with Gasteiger partial charge in [-0.2, -0.15) is 0 Å². The standard InChI is InChI=1S/C8H10N2OS/c1-7(12)11-6-3-8-9-4-2-5-10-8/h2,4-5H,3,6H2,1H3. The van der Waals surface area contributed by atoms with Crippen LogP contribution in [0.1, 0.15) is 12.7 Å². The third-order valence-electron chi connectivity index (χ3n) is 1.25. The summed E-state index contributed by atoms with van der Waals surface area (Å²) in [7, 11) is 0. The molecule has 0 aliphatic heterocycles. The van der Waals surface area contributed by atoms with E-state index in [1.54, 1.807) is 25.4 Å². The van der Waals surface area contributed by atoms with Crippen LogP contribution in [0.4, 0.5) is 0 Å². The van der Waals surface area contributed by atoms with E-state index in [2.05, 4.69) is 9.97 Å². The number of aromatic nitrogens is 2. The fraction of sp³-hybridized carbons (Fsp3) is 0.375. The molecular formula is C8H10N2OS. The Morgan fingerprint density at radius 1 is 1.50 bits per heavy atom. The van der Waals surface area contributed by atoms with Crippen LogP contribution in [-0.2, 0) is 11.2 Å². The lowest BCUT2D eigenvalue weighted by Gasteiger charge is -2.01. The summed E-state index contributed by atoms with van der Waals surface area (Å²) in [4.78, 5) is 8.08. The molecule has 1 aromatic heterocycles. The highest BCUT2D eigenvalue weighted by Crippen LogP contribution is 1.90. The molecule has 4 heteroatoms. The Hall–Kier alpha value is -1.03. The van der Waals surface area contributed by atoms with Gasteiger partial charge in [-0.15, -0.1) is 0 Å². The molecule has 1 heterocycles. The topological polar surface area (TPSA) is 35.0 Å². The van der Waals surface area contributed by atoms with E-state index in [1.807, 2.05) is 0 Å². The van der Waals surface area contributed by atoms with Gasteiger partial charge in [0, 0.05) is 25.7 Å². The molecule has 0 fully saturated rings. The van der Waals surface area contributed by atoms with Crippen molar-refractivity contribution >= 4 is 17.3 Å². The minimum absolute atomic E-state index is 0.555. The van der Waals surface area contributed by atoms with Crippen molar-refractivity contribution in [3.8, 4) is 0 Å². The molecule has 1 rings (SSSR count). The molecule has 64 valence electrons. The minimum Gasteiger partial charge on any atom is -0.487 e. The summed E-state index contributed by atoms with van der Waals surface area (Å²) in [5.74, 6) is 0.786. The maximum atomic E-state index is 5.10. The van der Waals surface area contributed by atoms with Crippen molar-refractivity contribution < 1.29 is 4.74 Å². The normalized spacial score (nSPS) is 9.42. The van der Waals surface area contributed by atoms with Gasteiger partial charge < -0.3 is 4.74 Å². The Balaban J connectivity index is 2.29. The molecule has 0 aliphatic carbocycles. The third kappa shape index (κ3) is 3.39. The summed E-state index contributed by atoms with van der Waals surface area (Å²) < 4.78 is 5.10. The van der Waals surface area contributed by atoms with Crippen LogP contribution in [0.3, 0.4) is 0 Å². The van der Waals surface area contributed by atoms with E-state index in [1.165, 1.54) is 0 Å². The van der Waals surface area contributed by atoms with Crippen molar-refractivity contribution in [2.45, 2.75) is 13.3 Å². The molecule has 0 atom stereocenters. The van der Waals surface area contributed by atoms with Crippen LogP contribution in [0.25, 0.3) is 0 Å². The average molecular weight is 182 g/mol. The van der Waals surface area contributed by atoms with E-state index in [0.29, 0.717) is 18.1 Å². The van der Waals surface area contributed by atoms with Crippen LogP contribution in [-0.4, -0.2) is 21.6 Å². The van der Waals surface area contributed by atoms with Gasteiger partial charge in [0.2, 0.25) is 0 Å². The van der Waals surface area contributed by atoms with E-state index in [9.17, 15) is 0 Å². The lowest BCUT2D eigenvalue weighted by atomic mass is 10.4. The second-order valence-electron chi connectivity index (χ2n) is 2.26. The van der Waals surface area contributed by atoms with E-state index < -0.39 is 0 Å². The molecule has 3 nitrogen and oxygen atoms in total. The first-order valence-electron chi connectivity index (χ1n) is 3.68. The minimum atomic E-state index is 0.555. The van der Waals surface area contributed by atoms with Crippen molar-refractivity contribution in [1.82, 2.24) is 9.97 Å². The van der Waals surface area contributed by atoms with Crippen LogP contribution in [0.5, 0.6) is 0 Å². The zero-order valence-corrected chi connectivity index (χ0v) is 7.67. The van der Waals surface area contributed by atoms with Gasteiger partial charge >= 0.3 is 0 Å². The van der Waals surface area contributed by atoms with Crippen molar-refractivity contribution in [3.63, 3.8) is 0 Å². The van der Waals surface area contributed by atoms with Crippen LogP contribution in [0.2, 0.25) is 0 Å². The Morgan fingerprint density at radius 3 is 2.75 bits per heavy atom. The summed E-state index contributed by atoms with van der Waals surface area (Å²) in [6, 6.07) is 1.79. The number of rotatable bonds is 3. The van der Waals surface area contributed by atoms with Crippen LogP contribution >= 0.6 is 12.2 Å². The molecule has 0 N–H and O–H groups in total. The van der Waals surface area contributed by atoms with Gasteiger partial charge in [0.25, 0.3) is 0 Å². The summed E-state index contributed by atoms with van der Waals surface area (Å²) in [6.45, 7) is 2.31. The van der Waals surface area contributed by atoms with E-state index in [-0.39, 0.29) is 0 Å². The third-order valence-corrected chi connectivity index (χ3v) is 1.37. The van der Waals surface area contributed by atoms with Crippen molar-refractivity contribution in [1.29, 1.82) is 0 Å². The highest BCUT2D eigenvalue weighted by molar-refractivity contribution is 7.80. The highest BCUT2D eigenvalue weighted by atomic mass is 32.1. The van der Waals surface area contributed by atoms with Crippen molar-refractivity contribution in [3.05, 3.63) is 24.3 Å². The SMILES string of the molecule is CC(=S)OCCc1ncccn1. The monoisotopic (exact) mass is 182 g/mol. The molecule has 0 bridgehead atoms. The fourth-order valence-corrected chi connectivity index (χ4v) is 0.828. The Labute approximate surface area is 76.8 Å². The zero-order chi connectivity index (χ0) is 8.81. The molecule has 1 aromatic rings. The maximum Gasteiger partial charge on any atom is 0.156 e. The quantitative estimate of drug-likeness (QED) is 0.661. The average Bonchev–Trinajstić information content (AvgIpc) is 2.05. The Bertz CT molecular complexity index is 250. The van der Waals surface area contributed by atoms with Gasteiger partial charge in [-0.25, -0.2) is 9.97 Å². The number of hydrogen-bond donors (Lipinski definition) is 0. The van der Waals surface area contributed by atoms with Crippen molar-refractivity contribution in [2.75, 3.05) is 6.61 Å². The summed E-state index contributed by atoms with van der Waals surface area (Å²) in [5, 5.41) is 0.561. The molecule has 0 aliphatic rings. The zero-order valence-electron chi connectivity index (χ0n) is 6.86. The van der Waals surface area contributed by atoms with Gasteiger partial charge in [0.05, 0.1) is 6.61 Å². The lowest BCUT2D eigenvalue weighted by molar-refractivity contribution is 0.312. The van der Waals surface area contributed by atoms with Gasteiger partial charge in [-0.3, -0.25) is 0 Å². The smallest absolute Gasteiger partial charge is 0.156 e. The molecular weight excluding hydrogens is 172 g/mol.